The van der Waals surface area contributed by atoms with Gasteiger partial charge in [-0.3, -0.25) is 0 Å². The predicted octanol–water partition coefficient (Wildman–Crippen LogP) is 3.91. The van der Waals surface area contributed by atoms with Gasteiger partial charge in [0.05, 0.1) is 6.61 Å². The maximum Gasteiger partial charge on any atom is 0.124 e. The molecule has 2 unspecified atom stereocenters. The molecule has 0 amide bonds. The predicted molar refractivity (Wildman–Crippen MR) is 73.2 cm³/mol. The Kier molecular flexibility index (Phi) is 6.06. The first-order valence-electron chi connectivity index (χ1n) is 6.66. The number of benzene rings is 1. The molecule has 2 nitrogen and oxygen atoms in total. The van der Waals surface area contributed by atoms with Gasteiger partial charge in [0.25, 0.3) is 0 Å². The van der Waals surface area contributed by atoms with Crippen LogP contribution in [0, 0.1) is 5.92 Å². The first-order valence-corrected chi connectivity index (χ1v) is 6.66. The molecule has 0 aliphatic carbocycles. The molecule has 96 valence electrons. The van der Waals surface area contributed by atoms with Gasteiger partial charge >= 0.3 is 0 Å². The lowest BCUT2D eigenvalue weighted by Crippen LogP contribution is -2.15. The van der Waals surface area contributed by atoms with Gasteiger partial charge in [0.1, 0.15) is 5.75 Å². The van der Waals surface area contributed by atoms with Gasteiger partial charge in [-0.15, -0.1) is 0 Å². The summed E-state index contributed by atoms with van der Waals surface area (Å²) < 4.78 is 5.74. The third kappa shape index (κ3) is 4.39. The van der Waals surface area contributed by atoms with Crippen molar-refractivity contribution in [2.24, 2.45) is 11.7 Å². The van der Waals surface area contributed by atoms with Crippen molar-refractivity contribution in [3.05, 3.63) is 29.8 Å². The van der Waals surface area contributed by atoms with Crippen LogP contribution >= 0.6 is 0 Å². The first-order chi connectivity index (χ1) is 8.19. The smallest absolute Gasteiger partial charge is 0.124 e. The third-order valence-corrected chi connectivity index (χ3v) is 3.13. The van der Waals surface area contributed by atoms with Crippen LogP contribution in [0.25, 0.3) is 0 Å². The topological polar surface area (TPSA) is 35.2 Å². The summed E-state index contributed by atoms with van der Waals surface area (Å²) in [5.41, 5.74) is 7.40. The van der Waals surface area contributed by atoms with Crippen LogP contribution in [0.4, 0.5) is 0 Å². The molecule has 2 atom stereocenters. The summed E-state index contributed by atoms with van der Waals surface area (Å²) >= 11 is 0. The van der Waals surface area contributed by atoms with Gasteiger partial charge in [-0.05, 0) is 24.8 Å². The average molecular weight is 235 g/mol. The highest BCUT2D eigenvalue weighted by Gasteiger charge is 2.14. The molecule has 0 spiro atoms. The Bertz CT molecular complexity index is 324. The second-order valence-corrected chi connectivity index (χ2v) is 4.74. The minimum atomic E-state index is 0.0815. The molecule has 1 aromatic carbocycles. The quantitative estimate of drug-likeness (QED) is 0.777. The molecular weight excluding hydrogens is 210 g/mol. The van der Waals surface area contributed by atoms with Gasteiger partial charge in [0.2, 0.25) is 0 Å². The Morgan fingerprint density at radius 2 is 1.94 bits per heavy atom. The van der Waals surface area contributed by atoms with Crippen molar-refractivity contribution in [1.29, 1.82) is 0 Å². The Labute approximate surface area is 105 Å². The third-order valence-electron chi connectivity index (χ3n) is 3.13. The zero-order chi connectivity index (χ0) is 12.7. The second kappa shape index (κ2) is 7.33. The largest absolute Gasteiger partial charge is 0.493 e. The lowest BCUT2D eigenvalue weighted by Gasteiger charge is -2.19. The molecule has 2 heteroatoms. The minimum Gasteiger partial charge on any atom is -0.493 e. The molecule has 17 heavy (non-hydrogen) atoms. The Morgan fingerprint density at radius 3 is 2.59 bits per heavy atom. The normalized spacial score (nSPS) is 14.4. The Balaban J connectivity index is 2.73. The number of hydrogen-bond donors (Lipinski definition) is 1. The van der Waals surface area contributed by atoms with Crippen molar-refractivity contribution in [2.45, 2.75) is 46.1 Å². The number of para-hydroxylation sites is 1. The van der Waals surface area contributed by atoms with Crippen molar-refractivity contribution in [2.75, 3.05) is 6.61 Å². The Morgan fingerprint density at radius 1 is 1.24 bits per heavy atom. The van der Waals surface area contributed by atoms with Crippen molar-refractivity contribution in [3.8, 4) is 5.75 Å². The van der Waals surface area contributed by atoms with Gasteiger partial charge in [0.15, 0.2) is 0 Å². The summed E-state index contributed by atoms with van der Waals surface area (Å²) in [5, 5.41) is 0. The van der Waals surface area contributed by atoms with E-state index in [9.17, 15) is 0 Å². The fourth-order valence-electron chi connectivity index (χ4n) is 1.86. The summed E-state index contributed by atoms with van der Waals surface area (Å²) in [6, 6.07) is 8.21. The molecule has 1 aromatic rings. The number of ether oxygens (including phenoxy) is 1. The molecule has 0 saturated carbocycles. The maximum absolute atomic E-state index is 6.26. The SMILES string of the molecule is CCCOc1ccccc1C(N)CC(C)CC. The van der Waals surface area contributed by atoms with Gasteiger partial charge in [0, 0.05) is 11.6 Å². The molecule has 1 rings (SSSR count). The molecule has 0 aliphatic heterocycles. The minimum absolute atomic E-state index is 0.0815. The summed E-state index contributed by atoms with van der Waals surface area (Å²) in [4.78, 5) is 0. The van der Waals surface area contributed by atoms with E-state index in [4.69, 9.17) is 10.5 Å². The van der Waals surface area contributed by atoms with Crippen LogP contribution in [0.2, 0.25) is 0 Å². The highest BCUT2D eigenvalue weighted by atomic mass is 16.5. The van der Waals surface area contributed by atoms with E-state index >= 15 is 0 Å². The van der Waals surface area contributed by atoms with Crippen molar-refractivity contribution in [3.63, 3.8) is 0 Å². The molecule has 0 aromatic heterocycles. The average Bonchev–Trinajstić information content (AvgIpc) is 2.36. The fraction of sp³-hybridized carbons (Fsp3) is 0.600. The molecule has 0 bridgehead atoms. The van der Waals surface area contributed by atoms with Crippen LogP contribution in [0.15, 0.2) is 24.3 Å². The van der Waals surface area contributed by atoms with E-state index in [1.165, 1.54) is 6.42 Å². The van der Waals surface area contributed by atoms with E-state index in [1.54, 1.807) is 0 Å². The van der Waals surface area contributed by atoms with Crippen LogP contribution in [-0.2, 0) is 0 Å². The lowest BCUT2D eigenvalue weighted by atomic mass is 9.94. The molecule has 0 radical (unpaired) electrons. The van der Waals surface area contributed by atoms with Gasteiger partial charge in [-0.1, -0.05) is 45.4 Å². The van der Waals surface area contributed by atoms with E-state index in [1.807, 2.05) is 18.2 Å². The highest BCUT2D eigenvalue weighted by Crippen LogP contribution is 2.28. The molecule has 0 aliphatic rings. The molecule has 2 N–H and O–H groups in total. The molecular formula is C15H25NO. The lowest BCUT2D eigenvalue weighted by molar-refractivity contribution is 0.310. The standard InChI is InChI=1S/C15H25NO/c1-4-10-17-15-9-7-6-8-13(15)14(16)11-12(3)5-2/h6-9,12,14H,4-5,10-11,16H2,1-3H3. The van der Waals surface area contributed by atoms with Crippen LogP contribution in [0.1, 0.15) is 51.6 Å². The van der Waals surface area contributed by atoms with E-state index in [0.717, 1.165) is 30.8 Å². The van der Waals surface area contributed by atoms with Gasteiger partial charge in [-0.25, -0.2) is 0 Å². The van der Waals surface area contributed by atoms with Crippen molar-refractivity contribution in [1.82, 2.24) is 0 Å². The van der Waals surface area contributed by atoms with E-state index < -0.39 is 0 Å². The summed E-state index contributed by atoms with van der Waals surface area (Å²) in [7, 11) is 0. The Hall–Kier alpha value is -1.02. The molecule has 0 heterocycles. The van der Waals surface area contributed by atoms with Gasteiger partial charge in [-0.2, -0.15) is 0 Å². The first kappa shape index (κ1) is 14.0. The number of nitrogens with two attached hydrogens (primary N) is 1. The maximum atomic E-state index is 6.26. The van der Waals surface area contributed by atoms with Crippen LogP contribution < -0.4 is 10.5 Å². The fourth-order valence-corrected chi connectivity index (χ4v) is 1.86. The number of rotatable bonds is 7. The summed E-state index contributed by atoms with van der Waals surface area (Å²) in [6.45, 7) is 7.32. The van der Waals surface area contributed by atoms with E-state index in [0.29, 0.717) is 5.92 Å². The molecule has 0 fully saturated rings. The van der Waals surface area contributed by atoms with Gasteiger partial charge < -0.3 is 10.5 Å². The zero-order valence-electron chi connectivity index (χ0n) is 11.3. The highest BCUT2D eigenvalue weighted by molar-refractivity contribution is 5.35. The summed E-state index contributed by atoms with van der Waals surface area (Å²) in [6.07, 6.45) is 3.21. The van der Waals surface area contributed by atoms with Crippen molar-refractivity contribution >= 4 is 0 Å². The van der Waals surface area contributed by atoms with E-state index in [-0.39, 0.29) is 6.04 Å². The van der Waals surface area contributed by atoms with Crippen LogP contribution in [-0.4, -0.2) is 6.61 Å². The van der Waals surface area contributed by atoms with Crippen LogP contribution in [0.3, 0.4) is 0 Å². The van der Waals surface area contributed by atoms with Crippen LogP contribution in [0.5, 0.6) is 5.75 Å². The number of hydrogen-bond acceptors (Lipinski definition) is 2. The second-order valence-electron chi connectivity index (χ2n) is 4.74. The monoisotopic (exact) mass is 235 g/mol. The van der Waals surface area contributed by atoms with E-state index in [2.05, 4.69) is 26.8 Å². The summed E-state index contributed by atoms with van der Waals surface area (Å²) in [5.74, 6) is 1.61. The van der Waals surface area contributed by atoms with Crippen molar-refractivity contribution < 1.29 is 4.74 Å². The zero-order valence-corrected chi connectivity index (χ0v) is 11.3. The molecule has 0 saturated heterocycles.